The molecular formula is C17H17N3O2. The smallest absolute Gasteiger partial charge is 0.243 e. The van der Waals surface area contributed by atoms with Gasteiger partial charge in [-0.25, -0.2) is 0 Å². The number of hydrogen-bond acceptors (Lipinski definition) is 4. The molecule has 0 aliphatic rings. The highest BCUT2D eigenvalue weighted by molar-refractivity contribution is 5.95. The summed E-state index contributed by atoms with van der Waals surface area (Å²) >= 11 is 0. The number of rotatable bonds is 6. The summed E-state index contributed by atoms with van der Waals surface area (Å²) in [5, 5.41) is 14.8. The molecule has 1 amide bonds. The molecule has 2 aromatic rings. The maximum atomic E-state index is 12.0. The van der Waals surface area contributed by atoms with E-state index in [2.05, 4.69) is 16.7 Å². The van der Waals surface area contributed by atoms with Gasteiger partial charge in [0.1, 0.15) is 11.8 Å². The molecule has 2 N–H and O–H groups in total. The van der Waals surface area contributed by atoms with Crippen LogP contribution in [0, 0.1) is 11.3 Å². The standard InChI is InChI=1S/C17H17N3O2/c1-2-22-16-10-6-5-9-15(16)20-17(21)12-19-14-8-4-3-7-13(14)11-18/h3-10,19H,2,12H2,1H3,(H,20,21). The number of amides is 1. The fraction of sp³-hybridized carbons (Fsp3) is 0.176. The van der Waals surface area contributed by atoms with Crippen molar-refractivity contribution in [2.45, 2.75) is 6.92 Å². The van der Waals surface area contributed by atoms with Crippen molar-refractivity contribution in [3.8, 4) is 11.8 Å². The summed E-state index contributed by atoms with van der Waals surface area (Å²) in [6, 6.07) is 16.4. The van der Waals surface area contributed by atoms with Crippen LogP contribution >= 0.6 is 0 Å². The molecule has 0 saturated heterocycles. The SMILES string of the molecule is CCOc1ccccc1NC(=O)CNc1ccccc1C#N. The minimum absolute atomic E-state index is 0.0686. The van der Waals surface area contributed by atoms with Crippen LogP contribution < -0.4 is 15.4 Å². The molecule has 0 spiro atoms. The Labute approximate surface area is 129 Å². The lowest BCUT2D eigenvalue weighted by Gasteiger charge is -2.12. The summed E-state index contributed by atoms with van der Waals surface area (Å²) < 4.78 is 5.46. The van der Waals surface area contributed by atoms with Crippen LogP contribution in [-0.2, 0) is 4.79 Å². The maximum absolute atomic E-state index is 12.0. The van der Waals surface area contributed by atoms with Crippen molar-refractivity contribution in [1.82, 2.24) is 0 Å². The van der Waals surface area contributed by atoms with Gasteiger partial charge in [-0.3, -0.25) is 4.79 Å². The Bertz CT molecular complexity index is 692. The molecule has 0 aliphatic carbocycles. The summed E-state index contributed by atoms with van der Waals surface area (Å²) in [6.07, 6.45) is 0. The van der Waals surface area contributed by atoms with E-state index in [1.807, 2.05) is 25.1 Å². The van der Waals surface area contributed by atoms with Crippen LogP contribution in [0.15, 0.2) is 48.5 Å². The second kappa shape index (κ2) is 7.70. The van der Waals surface area contributed by atoms with Gasteiger partial charge in [-0.2, -0.15) is 5.26 Å². The molecule has 5 heteroatoms. The van der Waals surface area contributed by atoms with Crippen LogP contribution in [0.3, 0.4) is 0 Å². The molecule has 0 unspecified atom stereocenters. The Hall–Kier alpha value is -3.00. The van der Waals surface area contributed by atoms with Crippen molar-refractivity contribution in [1.29, 1.82) is 5.26 Å². The second-order valence-corrected chi connectivity index (χ2v) is 4.49. The van der Waals surface area contributed by atoms with Gasteiger partial charge in [0.25, 0.3) is 0 Å². The summed E-state index contributed by atoms with van der Waals surface area (Å²) in [6.45, 7) is 2.48. The number of nitrogens with one attached hydrogen (secondary N) is 2. The normalized spacial score (nSPS) is 9.64. The van der Waals surface area contributed by atoms with E-state index in [0.29, 0.717) is 29.3 Å². The molecule has 5 nitrogen and oxygen atoms in total. The van der Waals surface area contributed by atoms with E-state index >= 15 is 0 Å². The van der Waals surface area contributed by atoms with Crippen LogP contribution in [-0.4, -0.2) is 19.1 Å². The zero-order valence-electron chi connectivity index (χ0n) is 12.3. The van der Waals surface area contributed by atoms with E-state index in [0.717, 1.165) is 0 Å². The average Bonchev–Trinajstić information content (AvgIpc) is 2.55. The largest absolute Gasteiger partial charge is 0.492 e. The minimum Gasteiger partial charge on any atom is -0.492 e. The van der Waals surface area contributed by atoms with Gasteiger partial charge in [0.15, 0.2) is 0 Å². The number of nitriles is 1. The zero-order valence-corrected chi connectivity index (χ0v) is 12.3. The Morgan fingerprint density at radius 2 is 1.82 bits per heavy atom. The summed E-state index contributed by atoms with van der Waals surface area (Å²) in [5.41, 5.74) is 1.77. The Kier molecular flexibility index (Phi) is 5.38. The second-order valence-electron chi connectivity index (χ2n) is 4.49. The molecule has 0 atom stereocenters. The molecule has 112 valence electrons. The van der Waals surface area contributed by atoms with E-state index in [1.54, 1.807) is 30.3 Å². The van der Waals surface area contributed by atoms with Gasteiger partial charge in [-0.15, -0.1) is 0 Å². The number of anilines is 2. The number of para-hydroxylation sites is 3. The van der Waals surface area contributed by atoms with E-state index in [9.17, 15) is 4.79 Å². The molecule has 0 bridgehead atoms. The molecule has 0 saturated carbocycles. The summed E-state index contributed by atoms with van der Waals surface area (Å²) in [4.78, 5) is 12.0. The van der Waals surface area contributed by atoms with Gasteiger partial charge in [0.05, 0.1) is 30.1 Å². The first-order valence-electron chi connectivity index (χ1n) is 6.99. The molecule has 2 aromatic carbocycles. The van der Waals surface area contributed by atoms with Crippen LogP contribution in [0.4, 0.5) is 11.4 Å². The molecule has 22 heavy (non-hydrogen) atoms. The lowest BCUT2D eigenvalue weighted by molar-refractivity contribution is -0.114. The zero-order chi connectivity index (χ0) is 15.8. The molecule has 0 radical (unpaired) electrons. The quantitative estimate of drug-likeness (QED) is 0.859. The van der Waals surface area contributed by atoms with Crippen molar-refractivity contribution in [2.75, 3.05) is 23.8 Å². The number of carbonyl (C=O) groups excluding carboxylic acids is 1. The molecule has 0 aliphatic heterocycles. The number of carbonyl (C=O) groups is 1. The molecule has 0 heterocycles. The van der Waals surface area contributed by atoms with Gasteiger partial charge >= 0.3 is 0 Å². The van der Waals surface area contributed by atoms with Crippen LogP contribution in [0.1, 0.15) is 12.5 Å². The maximum Gasteiger partial charge on any atom is 0.243 e. The van der Waals surface area contributed by atoms with Crippen LogP contribution in [0.25, 0.3) is 0 Å². The third kappa shape index (κ3) is 4.00. The topological polar surface area (TPSA) is 74.2 Å². The Morgan fingerprint density at radius 3 is 2.55 bits per heavy atom. The van der Waals surface area contributed by atoms with Crippen LogP contribution in [0.5, 0.6) is 5.75 Å². The van der Waals surface area contributed by atoms with Crippen molar-refractivity contribution >= 4 is 17.3 Å². The monoisotopic (exact) mass is 295 g/mol. The van der Waals surface area contributed by atoms with Gasteiger partial charge < -0.3 is 15.4 Å². The highest BCUT2D eigenvalue weighted by atomic mass is 16.5. The predicted molar refractivity (Wildman–Crippen MR) is 85.9 cm³/mol. The van der Waals surface area contributed by atoms with Crippen LogP contribution in [0.2, 0.25) is 0 Å². The average molecular weight is 295 g/mol. The first kappa shape index (κ1) is 15.4. The number of hydrogen-bond donors (Lipinski definition) is 2. The van der Waals surface area contributed by atoms with Gasteiger partial charge in [0.2, 0.25) is 5.91 Å². The minimum atomic E-state index is -0.208. The number of nitrogens with zero attached hydrogens (tertiary/aromatic N) is 1. The third-order valence-corrected chi connectivity index (χ3v) is 2.95. The van der Waals surface area contributed by atoms with Gasteiger partial charge in [-0.1, -0.05) is 24.3 Å². The van der Waals surface area contributed by atoms with Crippen molar-refractivity contribution in [2.24, 2.45) is 0 Å². The Morgan fingerprint density at radius 1 is 1.14 bits per heavy atom. The van der Waals surface area contributed by atoms with Crippen molar-refractivity contribution in [3.05, 3.63) is 54.1 Å². The first-order chi connectivity index (χ1) is 10.7. The van der Waals surface area contributed by atoms with Gasteiger partial charge in [-0.05, 0) is 31.2 Å². The van der Waals surface area contributed by atoms with Gasteiger partial charge in [0, 0.05) is 0 Å². The van der Waals surface area contributed by atoms with E-state index in [-0.39, 0.29) is 12.5 Å². The molecule has 0 aromatic heterocycles. The molecule has 0 fully saturated rings. The van der Waals surface area contributed by atoms with Crippen molar-refractivity contribution in [3.63, 3.8) is 0 Å². The lowest BCUT2D eigenvalue weighted by Crippen LogP contribution is -2.22. The van der Waals surface area contributed by atoms with E-state index in [4.69, 9.17) is 10.00 Å². The molecular weight excluding hydrogens is 278 g/mol. The van der Waals surface area contributed by atoms with E-state index in [1.165, 1.54) is 0 Å². The summed E-state index contributed by atoms with van der Waals surface area (Å²) in [5.74, 6) is 0.427. The first-order valence-corrected chi connectivity index (χ1v) is 6.99. The lowest BCUT2D eigenvalue weighted by atomic mass is 10.2. The van der Waals surface area contributed by atoms with Crippen molar-refractivity contribution < 1.29 is 9.53 Å². The molecule has 2 rings (SSSR count). The summed E-state index contributed by atoms with van der Waals surface area (Å²) in [7, 11) is 0. The number of benzene rings is 2. The predicted octanol–water partition coefficient (Wildman–Crippen LogP) is 3.01. The van der Waals surface area contributed by atoms with E-state index < -0.39 is 0 Å². The fourth-order valence-electron chi connectivity index (χ4n) is 1.96. The number of ether oxygens (including phenoxy) is 1. The highest BCUT2D eigenvalue weighted by Crippen LogP contribution is 2.23. The Balaban J connectivity index is 1.98. The fourth-order valence-corrected chi connectivity index (χ4v) is 1.96. The third-order valence-electron chi connectivity index (χ3n) is 2.95. The highest BCUT2D eigenvalue weighted by Gasteiger charge is 2.08.